The standard InChI is InChI=1S/C13H18N5O6P3/c1-21-23-25-27(20,26-24-22-2)8-4-3-6-17-9-15-10-11(17)16-13-14-5-7-18(13)12(10)19/h3-5,7,9,20,25-26H,6,8H2,1-2H3/p+1/b4-3+. The van der Waals surface area contributed by atoms with E-state index in [1.54, 1.807) is 23.3 Å². The molecule has 0 saturated carbocycles. The van der Waals surface area contributed by atoms with E-state index in [1.165, 1.54) is 18.6 Å². The van der Waals surface area contributed by atoms with E-state index in [1.807, 2.05) is 12.2 Å². The molecular formula is C13H19N5O6P3+. The Morgan fingerprint density at radius 2 is 2.00 bits per heavy atom. The summed E-state index contributed by atoms with van der Waals surface area (Å²) in [5, 5.41) is 0. The molecule has 2 N–H and O–H groups in total. The molecule has 0 saturated heterocycles. The summed E-state index contributed by atoms with van der Waals surface area (Å²) in [6, 6.07) is 0. The van der Waals surface area contributed by atoms with Crippen LogP contribution in [-0.2, 0) is 25.7 Å². The maximum atomic E-state index is 12.4. The molecule has 146 valence electrons. The molecule has 0 amide bonds. The topological polar surface area (TPSA) is 125 Å². The van der Waals surface area contributed by atoms with E-state index in [-0.39, 0.29) is 22.6 Å². The summed E-state index contributed by atoms with van der Waals surface area (Å²) in [5.74, 6) is 0.453. The van der Waals surface area contributed by atoms with Gasteiger partial charge in [0.25, 0.3) is 5.56 Å². The van der Waals surface area contributed by atoms with Gasteiger partial charge in [0.15, 0.2) is 5.52 Å². The minimum absolute atomic E-state index is 0.227. The van der Waals surface area contributed by atoms with Crippen LogP contribution >= 0.6 is 23.9 Å². The van der Waals surface area contributed by atoms with Gasteiger partial charge in [-0.05, 0) is 6.08 Å². The molecule has 0 aliphatic carbocycles. The van der Waals surface area contributed by atoms with Crippen LogP contribution in [0, 0.1) is 0 Å². The fourth-order valence-corrected chi connectivity index (χ4v) is 6.72. The van der Waals surface area contributed by atoms with Crippen molar-refractivity contribution in [1.82, 2.24) is 23.9 Å². The van der Waals surface area contributed by atoms with Crippen LogP contribution in [0.5, 0.6) is 0 Å². The summed E-state index contributed by atoms with van der Waals surface area (Å²) in [6.45, 7) is -2.05. The lowest BCUT2D eigenvalue weighted by Gasteiger charge is -2.14. The number of nitrogens with zero attached hydrogens (tertiary/aromatic N) is 4. The molecule has 27 heavy (non-hydrogen) atoms. The van der Waals surface area contributed by atoms with E-state index >= 15 is 0 Å². The predicted molar refractivity (Wildman–Crippen MR) is 105 cm³/mol. The molecule has 0 radical (unpaired) electrons. The van der Waals surface area contributed by atoms with E-state index in [0.29, 0.717) is 29.6 Å². The molecule has 0 bridgehead atoms. The molecule has 3 aromatic heterocycles. The first-order valence-electron chi connectivity index (χ1n) is 7.68. The molecule has 0 fully saturated rings. The maximum Gasteiger partial charge on any atom is 0.287 e. The van der Waals surface area contributed by atoms with Crippen LogP contribution in [0.2, 0.25) is 0 Å². The van der Waals surface area contributed by atoms with Gasteiger partial charge in [0.05, 0.1) is 20.5 Å². The number of aromatic nitrogens is 5. The van der Waals surface area contributed by atoms with Crippen molar-refractivity contribution in [3.63, 3.8) is 0 Å². The minimum atomic E-state index is -2.51. The molecule has 3 heterocycles. The Balaban J connectivity index is 1.71. The first kappa shape index (κ1) is 20.5. The Labute approximate surface area is 157 Å². The van der Waals surface area contributed by atoms with Gasteiger partial charge >= 0.3 is 0 Å². The second kappa shape index (κ2) is 9.28. The molecule has 3 aromatic rings. The molecular weight excluding hydrogens is 415 g/mol. The largest absolute Gasteiger partial charge is 0.313 e. The highest BCUT2D eigenvalue weighted by Crippen LogP contribution is 2.84. The summed E-state index contributed by atoms with van der Waals surface area (Å²) in [5.41, 5.74) is 0.695. The Hall–Kier alpha value is -1.28. The predicted octanol–water partition coefficient (Wildman–Crippen LogP) is 2.03. The number of aromatic amines is 1. The smallest absolute Gasteiger partial charge is 0.287 e. The van der Waals surface area contributed by atoms with Gasteiger partial charge in [0, 0.05) is 18.9 Å². The number of H-pyrrole nitrogens is 1. The summed E-state index contributed by atoms with van der Waals surface area (Å²) < 4.78 is 13.0. The van der Waals surface area contributed by atoms with Gasteiger partial charge < -0.3 is 9.55 Å². The van der Waals surface area contributed by atoms with Gasteiger partial charge in [-0.25, -0.2) is 29.0 Å². The summed E-state index contributed by atoms with van der Waals surface area (Å²) in [7, 11) is 2.30. The van der Waals surface area contributed by atoms with E-state index in [0.717, 1.165) is 0 Å². The second-order valence-corrected chi connectivity index (χ2v) is 14.7. The molecule has 2 atom stereocenters. The fraction of sp³-hybridized carbons (Fsp3) is 0.308. The van der Waals surface area contributed by atoms with E-state index in [9.17, 15) is 9.69 Å². The number of imidazole rings is 2. The van der Waals surface area contributed by atoms with Gasteiger partial charge in [-0.1, -0.05) is 6.08 Å². The molecule has 0 spiro atoms. The lowest BCUT2D eigenvalue weighted by atomic mass is 10.5. The Morgan fingerprint density at radius 1 is 1.26 bits per heavy atom. The van der Waals surface area contributed by atoms with Crippen LogP contribution in [0.15, 0.2) is 35.7 Å². The van der Waals surface area contributed by atoms with Crippen LogP contribution in [0.3, 0.4) is 0 Å². The molecule has 3 rings (SSSR count). The molecule has 0 aliphatic heterocycles. The highest BCUT2D eigenvalue weighted by molar-refractivity contribution is 8.56. The average Bonchev–Trinajstić information content (AvgIpc) is 3.30. The lowest BCUT2D eigenvalue weighted by molar-refractivity contribution is -0.165. The number of fused-ring (bicyclic) bond motifs is 2. The van der Waals surface area contributed by atoms with Crippen LogP contribution in [0.4, 0.5) is 0 Å². The van der Waals surface area contributed by atoms with Gasteiger partial charge in [-0.3, -0.25) is 4.79 Å². The van der Waals surface area contributed by atoms with Gasteiger partial charge in [-0.2, -0.15) is 9.35 Å². The van der Waals surface area contributed by atoms with E-state index < -0.39 is 6.87 Å². The highest BCUT2D eigenvalue weighted by atomic mass is 32.5. The molecule has 0 aliphatic rings. The number of rotatable bonds is 10. The van der Waals surface area contributed by atoms with Crippen LogP contribution in [0.25, 0.3) is 16.9 Å². The quantitative estimate of drug-likeness (QED) is 0.215. The third-order valence-electron chi connectivity index (χ3n) is 3.51. The van der Waals surface area contributed by atoms with Crippen molar-refractivity contribution < 1.29 is 24.0 Å². The second-order valence-electron chi connectivity index (χ2n) is 5.25. The molecule has 11 nitrogen and oxygen atoms in total. The van der Waals surface area contributed by atoms with Gasteiger partial charge in [0.1, 0.15) is 11.8 Å². The van der Waals surface area contributed by atoms with Crippen molar-refractivity contribution in [2.24, 2.45) is 0 Å². The van der Waals surface area contributed by atoms with E-state index in [4.69, 9.17) is 9.35 Å². The van der Waals surface area contributed by atoms with Crippen molar-refractivity contribution in [2.75, 3.05) is 20.4 Å². The first-order valence-corrected chi connectivity index (χ1v) is 13.1. The summed E-state index contributed by atoms with van der Waals surface area (Å²) >= 11 is 0. The third kappa shape index (κ3) is 4.77. The number of hydrogen-bond acceptors (Lipinski definition) is 8. The summed E-state index contributed by atoms with van der Waals surface area (Å²) in [6.07, 6.45) is 8.80. The molecule has 14 heteroatoms. The zero-order chi connectivity index (χ0) is 19.3. The fourth-order valence-electron chi connectivity index (χ4n) is 2.29. The average molecular weight is 434 g/mol. The first-order chi connectivity index (χ1) is 13.1. The van der Waals surface area contributed by atoms with Gasteiger partial charge in [-0.15, -0.1) is 0 Å². The molecule has 0 aromatic carbocycles. The summed E-state index contributed by atoms with van der Waals surface area (Å²) in [4.78, 5) is 43.5. The zero-order valence-corrected chi connectivity index (χ0v) is 17.4. The van der Waals surface area contributed by atoms with Crippen molar-refractivity contribution in [1.29, 1.82) is 0 Å². The molecule has 2 unspecified atom stereocenters. The monoisotopic (exact) mass is 434 g/mol. The minimum Gasteiger partial charge on any atom is -0.313 e. The van der Waals surface area contributed by atoms with E-state index in [2.05, 4.69) is 24.7 Å². The van der Waals surface area contributed by atoms with Crippen molar-refractivity contribution in [3.05, 3.63) is 41.2 Å². The SMILES string of the molecule is COOP[P+](O)(C/C=C/Cn1cnc2c(=O)n3ccnc3[nH]c21)POOC. The number of hydrogen-bond donors (Lipinski definition) is 2. The van der Waals surface area contributed by atoms with Crippen LogP contribution in [0.1, 0.15) is 0 Å². The lowest BCUT2D eigenvalue weighted by Crippen LogP contribution is -2.14. The Kier molecular flexibility index (Phi) is 7.03. The van der Waals surface area contributed by atoms with Crippen molar-refractivity contribution in [2.45, 2.75) is 6.54 Å². The van der Waals surface area contributed by atoms with Crippen LogP contribution < -0.4 is 5.56 Å². The zero-order valence-electron chi connectivity index (χ0n) is 14.5. The van der Waals surface area contributed by atoms with Crippen LogP contribution in [-0.4, -0.2) is 49.2 Å². The van der Waals surface area contributed by atoms with Crippen molar-refractivity contribution in [3.8, 4) is 0 Å². The Morgan fingerprint density at radius 3 is 2.70 bits per heavy atom. The maximum absolute atomic E-state index is 12.4. The van der Waals surface area contributed by atoms with Crippen molar-refractivity contribution >= 4 is 40.8 Å². The third-order valence-corrected chi connectivity index (χ3v) is 10.3. The highest BCUT2D eigenvalue weighted by Gasteiger charge is 2.39. The normalized spacial score (nSPS) is 15.4. The Bertz CT molecular complexity index is 978. The van der Waals surface area contributed by atoms with Gasteiger partial charge in [0.2, 0.25) is 29.6 Å². The number of nitrogens with one attached hydrogen (secondary N) is 1. The number of allylic oxidation sites excluding steroid dienone is 2.